The minimum atomic E-state index is -0.870. The first kappa shape index (κ1) is 28.3. The number of nitrogens with zero attached hydrogens (tertiary/aromatic N) is 1. The quantitative estimate of drug-likeness (QED) is 0.121. The molecule has 10 nitrogen and oxygen atoms in total. The number of hydrogen-bond acceptors (Lipinski definition) is 5. The Balaban J connectivity index is 2.09. The fraction of sp³-hybridized carbons (Fsp3) is 0.385. The van der Waals surface area contributed by atoms with Gasteiger partial charge >= 0.3 is 0 Å². The molecule has 2 aromatic carbocycles. The van der Waals surface area contributed by atoms with Gasteiger partial charge in [0.1, 0.15) is 12.1 Å². The average Bonchev–Trinajstić information content (AvgIpc) is 2.89. The summed E-state index contributed by atoms with van der Waals surface area (Å²) in [4.78, 5) is 42.9. The normalized spacial score (nSPS) is 12.1. The fourth-order valence-electron chi connectivity index (χ4n) is 3.55. The monoisotopic (exact) mass is 495 g/mol. The van der Waals surface area contributed by atoms with Crippen LogP contribution in [0.1, 0.15) is 48.0 Å². The molecule has 0 heterocycles. The summed E-state index contributed by atoms with van der Waals surface area (Å²) < 4.78 is 0. The zero-order valence-corrected chi connectivity index (χ0v) is 20.5. The molecule has 0 saturated carbocycles. The summed E-state index contributed by atoms with van der Waals surface area (Å²) in [6, 6.07) is 16.5. The van der Waals surface area contributed by atoms with Crippen molar-refractivity contribution in [2.45, 2.75) is 50.7 Å². The van der Waals surface area contributed by atoms with Crippen LogP contribution >= 0.6 is 0 Å². The van der Waals surface area contributed by atoms with Crippen molar-refractivity contribution < 1.29 is 14.4 Å². The number of carbonyl (C=O) groups is 3. The molecule has 3 amide bonds. The standard InChI is InChI=1S/C26H37N7O3/c27-16-8-7-14-21(24(35)31-18-19-10-3-1-4-11-19)33-25(36)22(15-9-17-30-26(28)29)32-23(34)20-12-5-2-6-13-20/h1-6,10-13,21-22H,7-9,14-18,27H2,(H,31,35)(H,32,34)(H,33,36)(H4,28,29,30)/t21-,22-/m0/s1. The second-order valence-electron chi connectivity index (χ2n) is 8.39. The zero-order valence-electron chi connectivity index (χ0n) is 20.5. The van der Waals surface area contributed by atoms with Crippen LogP contribution in [0.15, 0.2) is 65.7 Å². The van der Waals surface area contributed by atoms with Gasteiger partial charge in [0.25, 0.3) is 5.91 Å². The van der Waals surface area contributed by atoms with E-state index < -0.39 is 18.0 Å². The van der Waals surface area contributed by atoms with Crippen LogP contribution in [0, 0.1) is 0 Å². The first-order valence-electron chi connectivity index (χ1n) is 12.1. The van der Waals surface area contributed by atoms with E-state index in [0.29, 0.717) is 50.9 Å². The molecule has 10 heteroatoms. The topological polar surface area (TPSA) is 178 Å². The zero-order chi connectivity index (χ0) is 26.2. The lowest BCUT2D eigenvalue weighted by Gasteiger charge is -2.23. The van der Waals surface area contributed by atoms with Gasteiger partial charge in [-0.2, -0.15) is 0 Å². The molecule has 0 bridgehead atoms. The number of benzene rings is 2. The molecular formula is C26H37N7O3. The predicted octanol–water partition coefficient (Wildman–Crippen LogP) is 0.769. The van der Waals surface area contributed by atoms with Crippen LogP contribution in [0.25, 0.3) is 0 Å². The number of amides is 3. The number of rotatable bonds is 15. The highest BCUT2D eigenvalue weighted by Crippen LogP contribution is 2.07. The molecular weight excluding hydrogens is 458 g/mol. The van der Waals surface area contributed by atoms with Gasteiger partial charge in [0.05, 0.1) is 0 Å². The molecule has 0 aliphatic carbocycles. The van der Waals surface area contributed by atoms with E-state index in [1.54, 1.807) is 30.3 Å². The van der Waals surface area contributed by atoms with Gasteiger partial charge in [0.2, 0.25) is 11.8 Å². The highest BCUT2D eigenvalue weighted by Gasteiger charge is 2.26. The number of unbranched alkanes of at least 4 members (excludes halogenated alkanes) is 1. The summed E-state index contributed by atoms with van der Waals surface area (Å²) in [5, 5.41) is 8.49. The van der Waals surface area contributed by atoms with Gasteiger partial charge in [-0.05, 0) is 56.3 Å². The number of nitrogens with one attached hydrogen (secondary N) is 3. The van der Waals surface area contributed by atoms with Gasteiger partial charge < -0.3 is 33.2 Å². The Hall–Kier alpha value is -3.92. The van der Waals surface area contributed by atoms with Crippen LogP contribution in [-0.2, 0) is 16.1 Å². The van der Waals surface area contributed by atoms with Crippen molar-refractivity contribution in [3.05, 3.63) is 71.8 Å². The van der Waals surface area contributed by atoms with Crippen molar-refractivity contribution in [2.24, 2.45) is 22.2 Å². The minimum absolute atomic E-state index is 0.0422. The van der Waals surface area contributed by atoms with Crippen LogP contribution in [0.2, 0.25) is 0 Å². The molecule has 0 radical (unpaired) electrons. The van der Waals surface area contributed by atoms with E-state index in [4.69, 9.17) is 17.2 Å². The molecule has 0 spiro atoms. The van der Waals surface area contributed by atoms with Gasteiger partial charge in [-0.1, -0.05) is 48.5 Å². The number of carbonyl (C=O) groups excluding carboxylic acids is 3. The lowest BCUT2D eigenvalue weighted by molar-refractivity contribution is -0.130. The van der Waals surface area contributed by atoms with Crippen LogP contribution in [-0.4, -0.2) is 48.9 Å². The highest BCUT2D eigenvalue weighted by atomic mass is 16.2. The number of hydrogen-bond donors (Lipinski definition) is 6. The Morgan fingerprint density at radius 3 is 2.03 bits per heavy atom. The molecule has 0 aliphatic rings. The first-order valence-corrected chi connectivity index (χ1v) is 12.1. The van der Waals surface area contributed by atoms with Crippen molar-refractivity contribution in [3.8, 4) is 0 Å². The largest absolute Gasteiger partial charge is 0.370 e. The third kappa shape index (κ3) is 10.6. The molecule has 2 rings (SSSR count). The molecule has 0 unspecified atom stereocenters. The highest BCUT2D eigenvalue weighted by molar-refractivity contribution is 5.98. The maximum atomic E-state index is 13.2. The second kappa shape index (κ2) is 15.9. The summed E-state index contributed by atoms with van der Waals surface area (Å²) in [6.45, 7) is 1.15. The molecule has 194 valence electrons. The minimum Gasteiger partial charge on any atom is -0.370 e. The number of guanidine groups is 1. The second-order valence-corrected chi connectivity index (χ2v) is 8.39. The van der Waals surface area contributed by atoms with E-state index >= 15 is 0 Å². The van der Waals surface area contributed by atoms with Crippen molar-refractivity contribution in [2.75, 3.05) is 13.1 Å². The first-order chi connectivity index (χ1) is 17.4. The Morgan fingerprint density at radius 2 is 1.39 bits per heavy atom. The van der Waals surface area contributed by atoms with E-state index in [1.807, 2.05) is 30.3 Å². The summed E-state index contributed by atoms with van der Waals surface area (Å²) in [5.41, 5.74) is 17.7. The van der Waals surface area contributed by atoms with E-state index in [9.17, 15) is 14.4 Å². The SMILES string of the molecule is NCCCC[C@H](NC(=O)[C@H](CCCN=C(N)N)NC(=O)c1ccccc1)C(=O)NCc1ccccc1. The molecule has 9 N–H and O–H groups in total. The molecule has 0 fully saturated rings. The van der Waals surface area contributed by atoms with E-state index in [-0.39, 0.29) is 17.8 Å². The van der Waals surface area contributed by atoms with Crippen molar-refractivity contribution in [1.29, 1.82) is 0 Å². The molecule has 36 heavy (non-hydrogen) atoms. The number of aliphatic imine (C=N–C) groups is 1. The van der Waals surface area contributed by atoms with Crippen molar-refractivity contribution in [1.82, 2.24) is 16.0 Å². The maximum absolute atomic E-state index is 13.2. The van der Waals surface area contributed by atoms with Gasteiger partial charge in [-0.3, -0.25) is 19.4 Å². The number of nitrogens with two attached hydrogens (primary N) is 3. The molecule has 0 aliphatic heterocycles. The van der Waals surface area contributed by atoms with Gasteiger partial charge in [0, 0.05) is 18.7 Å². The molecule has 2 aromatic rings. The Morgan fingerprint density at radius 1 is 0.778 bits per heavy atom. The van der Waals surface area contributed by atoms with E-state index in [0.717, 1.165) is 12.0 Å². The van der Waals surface area contributed by atoms with E-state index in [2.05, 4.69) is 20.9 Å². The molecule has 0 saturated heterocycles. The van der Waals surface area contributed by atoms with Crippen molar-refractivity contribution in [3.63, 3.8) is 0 Å². The maximum Gasteiger partial charge on any atom is 0.251 e. The van der Waals surface area contributed by atoms with Crippen LogP contribution < -0.4 is 33.2 Å². The smallest absolute Gasteiger partial charge is 0.251 e. The summed E-state index contributed by atoms with van der Waals surface area (Å²) in [7, 11) is 0. The fourth-order valence-corrected chi connectivity index (χ4v) is 3.55. The van der Waals surface area contributed by atoms with Crippen LogP contribution in [0.5, 0.6) is 0 Å². The summed E-state index contributed by atoms with van der Waals surface area (Å²) in [6.07, 6.45) is 2.58. The van der Waals surface area contributed by atoms with Gasteiger partial charge in [0.15, 0.2) is 5.96 Å². The predicted molar refractivity (Wildman–Crippen MR) is 141 cm³/mol. The summed E-state index contributed by atoms with van der Waals surface area (Å²) in [5.74, 6) is -1.17. The Bertz CT molecular complexity index is 980. The van der Waals surface area contributed by atoms with Crippen LogP contribution in [0.4, 0.5) is 0 Å². The van der Waals surface area contributed by atoms with Crippen molar-refractivity contribution >= 4 is 23.7 Å². The Labute approximate surface area is 212 Å². The van der Waals surface area contributed by atoms with Gasteiger partial charge in [-0.25, -0.2) is 0 Å². The van der Waals surface area contributed by atoms with Crippen LogP contribution in [0.3, 0.4) is 0 Å². The third-order valence-electron chi connectivity index (χ3n) is 5.49. The molecule has 2 atom stereocenters. The Kier molecular flexibility index (Phi) is 12.5. The lowest BCUT2D eigenvalue weighted by Crippen LogP contribution is -2.53. The lowest BCUT2D eigenvalue weighted by atomic mass is 10.1. The van der Waals surface area contributed by atoms with E-state index in [1.165, 1.54) is 0 Å². The summed E-state index contributed by atoms with van der Waals surface area (Å²) >= 11 is 0. The van der Waals surface area contributed by atoms with Gasteiger partial charge in [-0.15, -0.1) is 0 Å². The average molecular weight is 496 g/mol. The molecule has 0 aromatic heterocycles. The third-order valence-corrected chi connectivity index (χ3v) is 5.49.